The molecule has 0 radical (unpaired) electrons. The fraction of sp³-hybridized carbons (Fsp3) is 0.238. The molecule has 15 heteroatoms. The second kappa shape index (κ2) is 10.9. The van der Waals surface area contributed by atoms with Crippen LogP contribution in [-0.4, -0.2) is 48.4 Å². The molecule has 0 fully saturated rings. The van der Waals surface area contributed by atoms with Gasteiger partial charge in [0.25, 0.3) is 11.4 Å². The van der Waals surface area contributed by atoms with Crippen LogP contribution < -0.4 is 20.1 Å². The topological polar surface area (TPSA) is 192 Å². The molecule has 0 aliphatic carbocycles. The molecule has 0 saturated carbocycles. The smallest absolute Gasteiger partial charge is 0.280 e. The molecule has 3 aromatic rings. The Morgan fingerprint density at radius 2 is 1.56 bits per heavy atom. The number of anilines is 3. The zero-order valence-corrected chi connectivity index (χ0v) is 20.3. The van der Waals surface area contributed by atoms with Gasteiger partial charge in [0.05, 0.1) is 21.9 Å². The van der Waals surface area contributed by atoms with Crippen LogP contribution in [0.2, 0.25) is 0 Å². The van der Waals surface area contributed by atoms with E-state index in [1.54, 1.807) is 32.2 Å². The highest BCUT2D eigenvalue weighted by atomic mass is 32.2. The van der Waals surface area contributed by atoms with Gasteiger partial charge < -0.3 is 15.4 Å². The molecule has 0 amide bonds. The average Bonchev–Trinajstić information content (AvgIpc) is 2.81. The summed E-state index contributed by atoms with van der Waals surface area (Å²) >= 11 is 0. The van der Waals surface area contributed by atoms with E-state index in [4.69, 9.17) is 4.74 Å². The Morgan fingerprint density at radius 3 is 2.11 bits per heavy atom. The molecule has 2 aromatic carbocycles. The number of ether oxygens (including phenoxy) is 1. The number of nitrogens with zero attached hydrogens (tertiary/aromatic N) is 4. The summed E-state index contributed by atoms with van der Waals surface area (Å²) < 4.78 is 32.6. The fourth-order valence-corrected chi connectivity index (χ4v) is 4.24. The van der Waals surface area contributed by atoms with E-state index in [2.05, 4.69) is 25.3 Å². The lowest BCUT2D eigenvalue weighted by Crippen LogP contribution is -2.29. The SMILES string of the molecule is COc1ccc(Nc2cc(C)nc(NCCNS(=O)(=O)c3cc([N+](=O)[O-])c(C)c([N+](=O)[O-])c3)n2)cc1. The van der Waals surface area contributed by atoms with Gasteiger partial charge in [0.1, 0.15) is 17.1 Å². The van der Waals surface area contributed by atoms with Crippen LogP contribution in [0.4, 0.5) is 28.8 Å². The number of nitro groups is 2. The highest BCUT2D eigenvalue weighted by molar-refractivity contribution is 7.89. The second-order valence-corrected chi connectivity index (χ2v) is 9.26. The molecule has 0 unspecified atom stereocenters. The zero-order valence-electron chi connectivity index (χ0n) is 19.5. The Morgan fingerprint density at radius 1 is 0.944 bits per heavy atom. The molecular formula is C21H23N7O7S. The largest absolute Gasteiger partial charge is 0.497 e. The fourth-order valence-electron chi connectivity index (χ4n) is 3.17. The number of rotatable bonds is 11. The second-order valence-electron chi connectivity index (χ2n) is 7.50. The van der Waals surface area contributed by atoms with Crippen molar-refractivity contribution in [2.45, 2.75) is 18.7 Å². The number of nitrogens with one attached hydrogen (secondary N) is 3. The first-order chi connectivity index (χ1) is 17.0. The van der Waals surface area contributed by atoms with Crippen molar-refractivity contribution in [2.75, 3.05) is 30.8 Å². The molecule has 0 spiro atoms. The highest BCUT2D eigenvalue weighted by Gasteiger charge is 2.27. The molecule has 3 rings (SSSR count). The third-order valence-electron chi connectivity index (χ3n) is 4.95. The van der Waals surface area contributed by atoms with Crippen LogP contribution in [0.1, 0.15) is 11.3 Å². The summed E-state index contributed by atoms with van der Waals surface area (Å²) in [5.74, 6) is 1.46. The molecule has 14 nitrogen and oxygen atoms in total. The molecular weight excluding hydrogens is 494 g/mol. The number of methoxy groups -OCH3 is 1. The van der Waals surface area contributed by atoms with Gasteiger partial charge >= 0.3 is 0 Å². The van der Waals surface area contributed by atoms with E-state index in [9.17, 15) is 28.6 Å². The average molecular weight is 518 g/mol. The number of aromatic nitrogens is 2. The van der Waals surface area contributed by atoms with Crippen LogP contribution >= 0.6 is 0 Å². The minimum atomic E-state index is -4.27. The quantitative estimate of drug-likeness (QED) is 0.192. The molecule has 0 aliphatic rings. The van der Waals surface area contributed by atoms with Crippen LogP contribution in [0.3, 0.4) is 0 Å². The van der Waals surface area contributed by atoms with E-state index in [1.807, 2.05) is 12.1 Å². The van der Waals surface area contributed by atoms with Gasteiger partial charge in [0.2, 0.25) is 16.0 Å². The number of sulfonamides is 1. The van der Waals surface area contributed by atoms with Crippen LogP contribution in [0.25, 0.3) is 0 Å². The Hall–Kier alpha value is -4.37. The van der Waals surface area contributed by atoms with Crippen LogP contribution in [-0.2, 0) is 10.0 Å². The number of benzene rings is 2. The standard InChI is InChI=1S/C21H23N7O7S/c1-13-10-20(25-15-4-6-16(35-3)7-5-15)26-21(24-13)22-8-9-23-36(33,34)17-11-18(27(29)30)14(2)19(12-17)28(31)32/h4-7,10-12,23H,8-9H2,1-3H3,(H2,22,24,25,26). The van der Waals surface area contributed by atoms with Gasteiger partial charge in [0.15, 0.2) is 0 Å². The molecule has 36 heavy (non-hydrogen) atoms. The van der Waals surface area contributed by atoms with E-state index in [1.165, 1.54) is 6.92 Å². The van der Waals surface area contributed by atoms with Gasteiger partial charge in [-0.05, 0) is 38.1 Å². The molecule has 0 saturated heterocycles. The van der Waals surface area contributed by atoms with E-state index in [-0.39, 0.29) is 24.6 Å². The first-order valence-corrected chi connectivity index (χ1v) is 11.9. The Bertz CT molecular complexity index is 1360. The normalized spacial score (nSPS) is 11.1. The molecule has 3 N–H and O–H groups in total. The lowest BCUT2D eigenvalue weighted by Gasteiger charge is -2.11. The van der Waals surface area contributed by atoms with Gasteiger partial charge in [-0.2, -0.15) is 4.98 Å². The van der Waals surface area contributed by atoms with E-state index in [0.29, 0.717) is 17.3 Å². The maximum absolute atomic E-state index is 12.6. The van der Waals surface area contributed by atoms with Gasteiger partial charge in [-0.1, -0.05) is 0 Å². The van der Waals surface area contributed by atoms with Crippen LogP contribution in [0, 0.1) is 34.1 Å². The summed E-state index contributed by atoms with van der Waals surface area (Å²) in [6.45, 7) is 2.88. The molecule has 0 atom stereocenters. The predicted octanol–water partition coefficient (Wildman–Crippen LogP) is 3.05. The number of hydrogen-bond donors (Lipinski definition) is 3. The Kier molecular flexibility index (Phi) is 7.96. The Balaban J connectivity index is 1.66. The van der Waals surface area contributed by atoms with E-state index >= 15 is 0 Å². The van der Waals surface area contributed by atoms with Crippen molar-refractivity contribution in [1.82, 2.24) is 14.7 Å². The summed E-state index contributed by atoms with van der Waals surface area (Å²) in [5.41, 5.74) is -0.126. The lowest BCUT2D eigenvalue weighted by atomic mass is 10.1. The van der Waals surface area contributed by atoms with Gasteiger partial charge in [-0.3, -0.25) is 20.2 Å². The van der Waals surface area contributed by atoms with Crippen molar-refractivity contribution >= 4 is 38.9 Å². The summed E-state index contributed by atoms with van der Waals surface area (Å²) in [7, 11) is -2.70. The monoisotopic (exact) mass is 517 g/mol. The Labute approximate surface area is 206 Å². The molecule has 1 heterocycles. The van der Waals surface area contributed by atoms with Crippen molar-refractivity contribution in [3.63, 3.8) is 0 Å². The van der Waals surface area contributed by atoms with Crippen molar-refractivity contribution in [1.29, 1.82) is 0 Å². The van der Waals surface area contributed by atoms with Gasteiger partial charge in [0, 0.05) is 42.7 Å². The number of nitro benzene ring substituents is 2. The summed E-state index contributed by atoms with van der Waals surface area (Å²) in [6, 6.07) is 10.5. The maximum atomic E-state index is 12.6. The zero-order chi connectivity index (χ0) is 26.5. The first-order valence-electron chi connectivity index (χ1n) is 10.4. The minimum absolute atomic E-state index is 0.0701. The van der Waals surface area contributed by atoms with Crippen molar-refractivity contribution in [2.24, 2.45) is 0 Å². The molecule has 190 valence electrons. The van der Waals surface area contributed by atoms with E-state index in [0.717, 1.165) is 17.8 Å². The summed E-state index contributed by atoms with van der Waals surface area (Å²) in [4.78, 5) is 28.7. The number of hydrogen-bond acceptors (Lipinski definition) is 11. The predicted molar refractivity (Wildman–Crippen MR) is 131 cm³/mol. The van der Waals surface area contributed by atoms with Gasteiger partial charge in [-0.25, -0.2) is 18.1 Å². The minimum Gasteiger partial charge on any atom is -0.497 e. The van der Waals surface area contributed by atoms with Crippen molar-refractivity contribution in [3.8, 4) is 5.75 Å². The van der Waals surface area contributed by atoms with Crippen molar-refractivity contribution in [3.05, 3.63) is 74.0 Å². The van der Waals surface area contributed by atoms with Gasteiger partial charge in [-0.15, -0.1) is 0 Å². The third kappa shape index (κ3) is 6.39. The summed E-state index contributed by atoms with van der Waals surface area (Å²) in [5, 5.41) is 28.5. The lowest BCUT2D eigenvalue weighted by molar-refractivity contribution is -0.395. The third-order valence-corrected chi connectivity index (χ3v) is 6.39. The van der Waals surface area contributed by atoms with E-state index < -0.39 is 36.1 Å². The van der Waals surface area contributed by atoms with Crippen LogP contribution in [0.5, 0.6) is 5.75 Å². The molecule has 0 bridgehead atoms. The van der Waals surface area contributed by atoms with Crippen molar-refractivity contribution < 1.29 is 23.0 Å². The summed E-state index contributed by atoms with van der Waals surface area (Å²) in [6.07, 6.45) is 0. The maximum Gasteiger partial charge on any atom is 0.280 e. The first kappa shape index (κ1) is 26.2. The van der Waals surface area contributed by atoms with Crippen LogP contribution in [0.15, 0.2) is 47.4 Å². The molecule has 1 aromatic heterocycles. The highest BCUT2D eigenvalue weighted by Crippen LogP contribution is 2.31. The molecule has 0 aliphatic heterocycles. The number of aryl methyl sites for hydroxylation is 1.